The molecule has 0 unspecified atom stereocenters. The van der Waals surface area contributed by atoms with Crippen molar-refractivity contribution in [3.05, 3.63) is 70.0 Å². The summed E-state index contributed by atoms with van der Waals surface area (Å²) in [6.45, 7) is -0.627. The molecule has 1 saturated heterocycles. The lowest BCUT2D eigenvalue weighted by molar-refractivity contribution is -0.148. The highest BCUT2D eigenvalue weighted by atomic mass is 35.5. The van der Waals surface area contributed by atoms with Gasteiger partial charge in [0.2, 0.25) is 0 Å². The van der Waals surface area contributed by atoms with E-state index in [1.165, 1.54) is 17.0 Å². The molecule has 2 aliphatic rings. The summed E-state index contributed by atoms with van der Waals surface area (Å²) < 4.78 is 95.4. The van der Waals surface area contributed by atoms with Crippen molar-refractivity contribution in [2.75, 3.05) is 24.5 Å². The Kier molecular flexibility index (Phi) is 6.59. The van der Waals surface area contributed by atoms with E-state index in [2.05, 4.69) is 10.2 Å². The fourth-order valence-corrected chi connectivity index (χ4v) is 5.28. The summed E-state index contributed by atoms with van der Waals surface area (Å²) in [5, 5.41) is 8.89. The first-order valence-electron chi connectivity index (χ1n) is 11.5. The summed E-state index contributed by atoms with van der Waals surface area (Å²) in [4.78, 5) is 2.80. The van der Waals surface area contributed by atoms with E-state index in [9.17, 15) is 30.7 Å². The Hall–Kier alpha value is -2.86. The predicted molar refractivity (Wildman–Crippen MR) is 122 cm³/mol. The Balaban J connectivity index is 1.42. The number of alkyl halides is 6. The molecule has 3 aromatic rings. The number of fused-ring (bicyclic) bond motifs is 3. The maximum Gasteiger partial charge on any atom is 0.419 e. The second-order valence-electron chi connectivity index (χ2n) is 9.24. The third-order valence-corrected chi connectivity index (χ3v) is 6.92. The van der Waals surface area contributed by atoms with Gasteiger partial charge in [-0.25, -0.2) is 4.39 Å². The van der Waals surface area contributed by atoms with E-state index in [0.29, 0.717) is 46.8 Å². The van der Waals surface area contributed by atoms with Crippen molar-refractivity contribution in [3.63, 3.8) is 0 Å². The predicted octanol–water partition coefficient (Wildman–Crippen LogP) is 6.34. The van der Waals surface area contributed by atoms with Crippen molar-refractivity contribution in [1.82, 2.24) is 19.7 Å². The van der Waals surface area contributed by atoms with Crippen LogP contribution in [-0.2, 0) is 19.3 Å². The standard InChI is InChI=1S/C24H21ClF7N5/c25-16-4-5-18-15(10-16)11-35(13-23(27,28)29)12-20-33-34-22(37(18)20)14-6-8-36(9-7-14)19-3-1-2-17(21(19)26)24(30,31)32/h1-5,10,14H,6-9,11-13H2. The zero-order valence-corrected chi connectivity index (χ0v) is 20.0. The number of hydrogen-bond acceptors (Lipinski definition) is 4. The normalized spacial score (nSPS) is 17.5. The molecule has 5 nitrogen and oxygen atoms in total. The maximum absolute atomic E-state index is 14.7. The molecular weight excluding hydrogens is 527 g/mol. The quantitative estimate of drug-likeness (QED) is 0.359. The highest BCUT2D eigenvalue weighted by molar-refractivity contribution is 6.30. The highest BCUT2D eigenvalue weighted by Gasteiger charge is 2.37. The Bertz CT molecular complexity index is 1300. The molecule has 0 radical (unpaired) electrons. The Labute approximate surface area is 212 Å². The maximum atomic E-state index is 14.7. The minimum atomic E-state index is -4.80. The minimum Gasteiger partial charge on any atom is -0.369 e. The molecule has 0 aliphatic carbocycles. The molecule has 3 heterocycles. The number of halogens is 8. The summed E-state index contributed by atoms with van der Waals surface area (Å²) in [6, 6.07) is 8.20. The topological polar surface area (TPSA) is 37.2 Å². The lowest BCUT2D eigenvalue weighted by Crippen LogP contribution is -2.34. The number of nitrogens with zero attached hydrogens (tertiary/aromatic N) is 5. The molecule has 0 saturated carbocycles. The Morgan fingerprint density at radius 1 is 0.919 bits per heavy atom. The third-order valence-electron chi connectivity index (χ3n) is 6.68. The van der Waals surface area contributed by atoms with Gasteiger partial charge < -0.3 is 4.90 Å². The van der Waals surface area contributed by atoms with E-state index in [4.69, 9.17) is 11.6 Å². The number of hydrogen-bond donors (Lipinski definition) is 0. The van der Waals surface area contributed by atoms with Crippen LogP contribution in [0, 0.1) is 5.82 Å². The van der Waals surface area contributed by atoms with Crippen molar-refractivity contribution < 1.29 is 30.7 Å². The summed E-state index contributed by atoms with van der Waals surface area (Å²) in [7, 11) is 0. The molecule has 1 fully saturated rings. The van der Waals surface area contributed by atoms with Gasteiger partial charge in [-0.2, -0.15) is 26.3 Å². The number of anilines is 1. The number of piperidine rings is 1. The first-order chi connectivity index (χ1) is 17.4. The van der Waals surface area contributed by atoms with E-state index >= 15 is 0 Å². The molecule has 198 valence electrons. The van der Waals surface area contributed by atoms with Gasteiger partial charge in [0.25, 0.3) is 0 Å². The van der Waals surface area contributed by atoms with Crippen molar-refractivity contribution in [2.45, 2.75) is 44.2 Å². The van der Waals surface area contributed by atoms with Crippen LogP contribution in [0.25, 0.3) is 5.69 Å². The molecule has 5 rings (SSSR count). The zero-order valence-electron chi connectivity index (χ0n) is 19.3. The number of rotatable bonds is 3. The smallest absolute Gasteiger partial charge is 0.369 e. The van der Waals surface area contributed by atoms with E-state index < -0.39 is 30.3 Å². The second-order valence-corrected chi connectivity index (χ2v) is 9.68. The summed E-state index contributed by atoms with van der Waals surface area (Å²) in [5.41, 5.74) is -0.194. The van der Waals surface area contributed by atoms with E-state index in [-0.39, 0.29) is 37.8 Å². The molecule has 0 atom stereocenters. The van der Waals surface area contributed by atoms with Crippen LogP contribution in [-0.4, -0.2) is 45.5 Å². The number of benzene rings is 2. The number of aromatic nitrogens is 3. The summed E-state index contributed by atoms with van der Waals surface area (Å²) in [5.74, 6) is -0.576. The van der Waals surface area contributed by atoms with Gasteiger partial charge in [-0.1, -0.05) is 17.7 Å². The van der Waals surface area contributed by atoms with Crippen molar-refractivity contribution in [2.24, 2.45) is 0 Å². The van der Waals surface area contributed by atoms with Gasteiger partial charge >= 0.3 is 12.4 Å². The van der Waals surface area contributed by atoms with E-state index in [0.717, 1.165) is 0 Å². The second kappa shape index (κ2) is 9.46. The first-order valence-corrected chi connectivity index (χ1v) is 11.9. The van der Waals surface area contributed by atoms with Crippen LogP contribution in [0.4, 0.5) is 36.4 Å². The SMILES string of the molecule is Fc1c(N2CCC(c3nnc4n3-c3ccc(Cl)cc3CN(CC(F)(F)F)C4)CC2)cccc1C(F)(F)F. The van der Waals surface area contributed by atoms with Gasteiger partial charge in [0.05, 0.1) is 30.0 Å². The van der Waals surface area contributed by atoms with Crippen LogP contribution in [0.3, 0.4) is 0 Å². The van der Waals surface area contributed by atoms with Gasteiger partial charge in [-0.3, -0.25) is 9.47 Å². The van der Waals surface area contributed by atoms with E-state index in [1.807, 2.05) is 0 Å². The van der Waals surface area contributed by atoms with Crippen molar-refractivity contribution >= 4 is 17.3 Å². The molecule has 0 N–H and O–H groups in total. The van der Waals surface area contributed by atoms with Crippen LogP contribution in [0.15, 0.2) is 36.4 Å². The van der Waals surface area contributed by atoms with Gasteiger partial charge in [-0.15, -0.1) is 10.2 Å². The summed E-state index contributed by atoms with van der Waals surface area (Å²) >= 11 is 6.14. The Morgan fingerprint density at radius 2 is 1.65 bits per heavy atom. The largest absolute Gasteiger partial charge is 0.419 e. The van der Waals surface area contributed by atoms with Crippen LogP contribution >= 0.6 is 11.6 Å². The van der Waals surface area contributed by atoms with Crippen LogP contribution < -0.4 is 4.90 Å². The lowest BCUT2D eigenvalue weighted by Gasteiger charge is -2.34. The van der Waals surface area contributed by atoms with Gasteiger partial charge in [0, 0.05) is 30.6 Å². The summed E-state index contributed by atoms with van der Waals surface area (Å²) in [6.07, 6.45) is -8.30. The highest BCUT2D eigenvalue weighted by Crippen LogP contribution is 2.38. The van der Waals surface area contributed by atoms with Gasteiger partial charge in [-0.05, 0) is 48.7 Å². The Morgan fingerprint density at radius 3 is 2.32 bits per heavy atom. The van der Waals surface area contributed by atoms with Crippen molar-refractivity contribution in [1.29, 1.82) is 0 Å². The molecule has 13 heteroatoms. The average Bonchev–Trinajstić information content (AvgIpc) is 3.14. The average molecular weight is 548 g/mol. The van der Waals surface area contributed by atoms with Crippen LogP contribution in [0.1, 0.15) is 41.5 Å². The fraction of sp³-hybridized carbons (Fsp3) is 0.417. The third kappa shape index (κ3) is 5.26. The lowest BCUT2D eigenvalue weighted by atomic mass is 9.95. The van der Waals surface area contributed by atoms with Crippen LogP contribution in [0.5, 0.6) is 0 Å². The first kappa shape index (κ1) is 25.8. The van der Waals surface area contributed by atoms with Crippen LogP contribution in [0.2, 0.25) is 5.02 Å². The molecule has 0 amide bonds. The molecule has 37 heavy (non-hydrogen) atoms. The molecular formula is C24H21ClF7N5. The van der Waals surface area contributed by atoms with Gasteiger partial charge in [0.15, 0.2) is 11.6 Å². The molecule has 0 bridgehead atoms. The molecule has 2 aromatic carbocycles. The van der Waals surface area contributed by atoms with Crippen molar-refractivity contribution in [3.8, 4) is 5.69 Å². The molecule has 2 aliphatic heterocycles. The monoisotopic (exact) mass is 547 g/mol. The molecule has 0 spiro atoms. The van der Waals surface area contributed by atoms with Gasteiger partial charge in [0.1, 0.15) is 5.82 Å². The fourth-order valence-electron chi connectivity index (χ4n) is 5.08. The minimum absolute atomic E-state index is 0.0193. The van der Waals surface area contributed by atoms with E-state index in [1.54, 1.807) is 27.7 Å². The molecule has 1 aromatic heterocycles. The zero-order chi connectivity index (χ0) is 26.5.